The van der Waals surface area contributed by atoms with E-state index < -0.39 is 23.3 Å². The fraction of sp³-hybridized carbons (Fsp3) is 0.622. The number of fused-ring (bicyclic) bond motifs is 2. The number of hydrogen-bond donors (Lipinski definition) is 2. The molecule has 3 saturated heterocycles. The molecule has 1 amide bonds. The van der Waals surface area contributed by atoms with E-state index in [4.69, 9.17) is 25.0 Å². The summed E-state index contributed by atoms with van der Waals surface area (Å²) in [6.45, 7) is 10.7. The van der Waals surface area contributed by atoms with Crippen LogP contribution in [-0.4, -0.2) is 97.8 Å². The highest BCUT2D eigenvalue weighted by Crippen LogP contribution is 2.45. The number of hydrogen-bond acceptors (Lipinski definition) is 12. The number of pyridine rings is 1. The van der Waals surface area contributed by atoms with Crippen LogP contribution >= 0.6 is 0 Å². The van der Waals surface area contributed by atoms with Crippen LogP contribution in [0.5, 0.6) is 6.01 Å². The Kier molecular flexibility index (Phi) is 9.66. The minimum Gasteiger partial charge on any atom is -0.461 e. The number of ether oxygens (including phenoxy) is 1. The number of halogens is 3. The van der Waals surface area contributed by atoms with Crippen LogP contribution in [0.25, 0.3) is 6.08 Å². The summed E-state index contributed by atoms with van der Waals surface area (Å²) in [6.07, 6.45) is 3.25. The number of aryl methyl sites for hydroxylation is 1. The van der Waals surface area contributed by atoms with Crippen LogP contribution in [0.3, 0.4) is 0 Å². The van der Waals surface area contributed by atoms with Gasteiger partial charge in [0, 0.05) is 56.2 Å². The molecule has 3 N–H and O–H groups in total. The topological polar surface area (TPSA) is 160 Å². The van der Waals surface area contributed by atoms with E-state index in [1.54, 1.807) is 18.7 Å². The van der Waals surface area contributed by atoms with E-state index in [2.05, 4.69) is 24.9 Å². The number of amides is 1. The molecule has 4 aliphatic rings. The lowest BCUT2D eigenvalue weighted by Crippen LogP contribution is -2.53. The van der Waals surface area contributed by atoms with Gasteiger partial charge >= 0.3 is 12.2 Å². The van der Waals surface area contributed by atoms with Gasteiger partial charge in [-0.2, -0.15) is 28.1 Å². The van der Waals surface area contributed by atoms with Crippen molar-refractivity contribution in [3.63, 3.8) is 0 Å². The van der Waals surface area contributed by atoms with E-state index in [0.717, 1.165) is 44.3 Å². The van der Waals surface area contributed by atoms with Crippen LogP contribution in [-0.2, 0) is 29.4 Å². The predicted molar refractivity (Wildman–Crippen MR) is 190 cm³/mol. The first-order valence-corrected chi connectivity index (χ1v) is 18.4. The molecule has 53 heavy (non-hydrogen) atoms. The Labute approximate surface area is 306 Å². The van der Waals surface area contributed by atoms with E-state index in [0.29, 0.717) is 44.2 Å². The number of nitrogens with zero attached hydrogens (tertiary/aromatic N) is 8. The van der Waals surface area contributed by atoms with Gasteiger partial charge in [0.25, 0.3) is 5.89 Å². The van der Waals surface area contributed by atoms with Gasteiger partial charge < -0.3 is 29.9 Å². The van der Waals surface area contributed by atoms with Gasteiger partial charge in [-0.15, -0.1) is 0 Å². The lowest BCUT2D eigenvalue weighted by atomic mass is 9.75. The number of rotatable bonds is 10. The van der Waals surface area contributed by atoms with Crippen molar-refractivity contribution in [2.24, 2.45) is 11.8 Å². The summed E-state index contributed by atoms with van der Waals surface area (Å²) in [4.78, 5) is 37.4. The molecular formula is C37H48F3N9O4. The van der Waals surface area contributed by atoms with E-state index >= 15 is 0 Å². The van der Waals surface area contributed by atoms with Crippen LogP contribution in [0.15, 0.2) is 16.7 Å². The molecule has 0 radical (unpaired) electrons. The Morgan fingerprint density at radius 2 is 1.87 bits per heavy atom. The molecule has 3 fully saturated rings. The van der Waals surface area contributed by atoms with Crippen LogP contribution in [0.4, 0.5) is 24.8 Å². The Bertz CT molecular complexity index is 1880. The first-order chi connectivity index (χ1) is 25.0. The molecule has 1 unspecified atom stereocenters. The average molecular weight is 740 g/mol. The lowest BCUT2D eigenvalue weighted by Gasteiger charge is -2.41. The van der Waals surface area contributed by atoms with Crippen molar-refractivity contribution >= 4 is 23.6 Å². The summed E-state index contributed by atoms with van der Waals surface area (Å²) in [7, 11) is 1.95. The number of carbonyl (C=O) groups excluding carboxylic acids is 1. The van der Waals surface area contributed by atoms with Crippen LogP contribution in [0.2, 0.25) is 0 Å². The maximum absolute atomic E-state index is 14.4. The number of carbonyl (C=O) groups is 1. The summed E-state index contributed by atoms with van der Waals surface area (Å²) < 4.78 is 54.8. The van der Waals surface area contributed by atoms with Crippen molar-refractivity contribution in [2.75, 3.05) is 57.0 Å². The SMILES string of the molecule is Cc1cc(N)nc(C2Cc3nc(OCC45CCCN4CCC5)nc(N(C)CC4CN(C(=O)/C=C/c5nc(C(C)(C)O)no5)C4)c3C[C@H]2C)c1C(F)(F)F. The van der Waals surface area contributed by atoms with Gasteiger partial charge in [0.15, 0.2) is 0 Å². The molecule has 3 aromatic rings. The average Bonchev–Trinajstić information content (AvgIpc) is 3.79. The van der Waals surface area contributed by atoms with Crippen molar-refractivity contribution in [1.82, 2.24) is 34.9 Å². The van der Waals surface area contributed by atoms with Crippen molar-refractivity contribution in [2.45, 2.75) is 89.5 Å². The third kappa shape index (κ3) is 7.44. The third-order valence-corrected chi connectivity index (χ3v) is 11.4. The summed E-state index contributed by atoms with van der Waals surface area (Å²) in [5.41, 5.74) is 5.55. The minimum absolute atomic E-state index is 0.0371. The number of nitrogens with two attached hydrogens (primary N) is 1. The lowest BCUT2D eigenvalue weighted by molar-refractivity contribution is -0.139. The first kappa shape index (κ1) is 37.0. The highest BCUT2D eigenvalue weighted by atomic mass is 19.4. The number of aliphatic hydroxyl groups is 1. The molecule has 16 heteroatoms. The molecule has 0 aromatic carbocycles. The van der Waals surface area contributed by atoms with Crippen LogP contribution < -0.4 is 15.4 Å². The van der Waals surface area contributed by atoms with Gasteiger partial charge in [-0.3, -0.25) is 9.69 Å². The molecule has 2 atom stereocenters. The molecule has 13 nitrogen and oxygen atoms in total. The zero-order valence-electron chi connectivity index (χ0n) is 30.9. The van der Waals surface area contributed by atoms with Gasteiger partial charge in [0.2, 0.25) is 11.7 Å². The van der Waals surface area contributed by atoms with Crippen molar-refractivity contribution in [3.8, 4) is 6.01 Å². The second-order valence-electron chi connectivity index (χ2n) is 15.9. The van der Waals surface area contributed by atoms with Crippen LogP contribution in [0, 0.1) is 18.8 Å². The van der Waals surface area contributed by atoms with Gasteiger partial charge in [0.1, 0.15) is 23.8 Å². The molecule has 286 valence electrons. The van der Waals surface area contributed by atoms with E-state index in [-0.39, 0.29) is 64.5 Å². The molecule has 0 saturated carbocycles. The van der Waals surface area contributed by atoms with Crippen molar-refractivity contribution < 1.29 is 32.3 Å². The molecule has 1 aliphatic carbocycles. The summed E-state index contributed by atoms with van der Waals surface area (Å²) in [5.74, 6) is 0.204. The van der Waals surface area contributed by atoms with E-state index in [1.807, 2.05) is 14.0 Å². The van der Waals surface area contributed by atoms with Gasteiger partial charge in [-0.25, -0.2) is 4.98 Å². The third-order valence-electron chi connectivity index (χ3n) is 11.4. The molecule has 0 spiro atoms. The summed E-state index contributed by atoms with van der Waals surface area (Å²) in [6, 6.07) is 1.50. The summed E-state index contributed by atoms with van der Waals surface area (Å²) in [5, 5.41) is 13.8. The zero-order chi connectivity index (χ0) is 37.9. The standard InChI is InChI=1S/C37H48F3N9O4/c1-21-14-25-26(16-24(21)31-30(37(38,39)40)22(2)15-27(41)43-31)42-34(52-20-36-10-6-12-49(36)13-7-11-36)45-32(25)47(5)17-23-18-48(19-23)29(50)9-8-28-44-33(46-53-28)35(3,4)51/h8-9,15,21,23-24,51H,6-7,10-14,16-20H2,1-5H3,(H2,41,43)/b9-8+/t21-,24?/m1/s1. The van der Waals surface area contributed by atoms with E-state index in [9.17, 15) is 23.1 Å². The number of anilines is 2. The Morgan fingerprint density at radius 3 is 2.53 bits per heavy atom. The molecule has 0 bridgehead atoms. The van der Waals surface area contributed by atoms with Crippen LogP contribution in [0.1, 0.15) is 92.2 Å². The molecular weight excluding hydrogens is 691 g/mol. The van der Waals surface area contributed by atoms with Gasteiger partial charge in [-0.05, 0) is 89.9 Å². The largest absolute Gasteiger partial charge is 0.461 e. The van der Waals surface area contributed by atoms with E-state index in [1.165, 1.54) is 25.1 Å². The minimum atomic E-state index is -4.58. The Hall–Kier alpha value is -4.31. The summed E-state index contributed by atoms with van der Waals surface area (Å²) >= 11 is 0. The number of aromatic nitrogens is 5. The first-order valence-electron chi connectivity index (χ1n) is 18.4. The number of nitrogen functional groups attached to an aromatic ring is 1. The van der Waals surface area contributed by atoms with Gasteiger partial charge in [0.05, 0.1) is 22.5 Å². The van der Waals surface area contributed by atoms with Crippen molar-refractivity contribution in [3.05, 3.63) is 51.9 Å². The number of alkyl halides is 3. The fourth-order valence-electron chi connectivity index (χ4n) is 8.65. The van der Waals surface area contributed by atoms with Gasteiger partial charge in [-0.1, -0.05) is 12.1 Å². The monoisotopic (exact) mass is 739 g/mol. The highest BCUT2D eigenvalue weighted by molar-refractivity contribution is 5.91. The fourth-order valence-corrected chi connectivity index (χ4v) is 8.65. The quantitative estimate of drug-likeness (QED) is 0.281. The van der Waals surface area contributed by atoms with Crippen molar-refractivity contribution in [1.29, 1.82) is 0 Å². The predicted octanol–water partition coefficient (Wildman–Crippen LogP) is 4.53. The Morgan fingerprint density at radius 1 is 1.15 bits per heavy atom. The normalized spacial score (nSPS) is 21.9. The highest BCUT2D eigenvalue weighted by Gasteiger charge is 2.46. The number of likely N-dealkylation sites (tertiary alicyclic amines) is 1. The maximum atomic E-state index is 14.4. The zero-order valence-corrected chi connectivity index (χ0v) is 30.9. The smallest absolute Gasteiger partial charge is 0.418 e. The molecule has 7 rings (SSSR count). The second kappa shape index (κ2) is 13.8. The molecule has 3 aromatic heterocycles. The maximum Gasteiger partial charge on any atom is 0.418 e. The molecule has 3 aliphatic heterocycles. The second-order valence-corrected chi connectivity index (χ2v) is 15.9. The Balaban J connectivity index is 1.11. The molecule has 6 heterocycles.